The van der Waals surface area contributed by atoms with Crippen LogP contribution in [0.2, 0.25) is 15.1 Å². The Morgan fingerprint density at radius 2 is 1.35 bits per heavy atom. The molecule has 1 unspecified atom stereocenters. The van der Waals surface area contributed by atoms with E-state index in [-0.39, 0.29) is 39.5 Å². The number of rotatable bonds is 12. The third kappa shape index (κ3) is 8.51. The largest absolute Gasteiger partial charge is 0.355 e. The van der Waals surface area contributed by atoms with Gasteiger partial charge in [-0.15, -0.1) is 0 Å². The van der Waals surface area contributed by atoms with Gasteiger partial charge in [0.2, 0.25) is 11.8 Å². The second kappa shape index (κ2) is 14.8. The predicted molar refractivity (Wildman–Crippen MR) is 172 cm³/mol. The molecule has 1 atom stereocenters. The lowest BCUT2D eigenvalue weighted by Crippen LogP contribution is -2.53. The van der Waals surface area contributed by atoms with Crippen LogP contribution in [-0.2, 0) is 32.6 Å². The molecule has 0 aliphatic rings. The van der Waals surface area contributed by atoms with Crippen molar-refractivity contribution in [2.45, 2.75) is 30.8 Å². The molecule has 0 bridgehead atoms. The lowest BCUT2D eigenvalue weighted by molar-refractivity contribution is -0.140. The van der Waals surface area contributed by atoms with Crippen molar-refractivity contribution in [3.8, 4) is 0 Å². The Kier molecular flexibility index (Phi) is 11.1. The fourth-order valence-electron chi connectivity index (χ4n) is 4.56. The number of nitrogens with one attached hydrogen (secondary N) is 1. The Morgan fingerprint density at radius 1 is 0.767 bits per heavy atom. The minimum atomic E-state index is -4.26. The highest BCUT2D eigenvalue weighted by Gasteiger charge is 2.34. The number of halogens is 3. The Balaban J connectivity index is 1.81. The molecule has 0 aliphatic heterocycles. The van der Waals surface area contributed by atoms with Gasteiger partial charge in [0.25, 0.3) is 10.0 Å². The van der Waals surface area contributed by atoms with Gasteiger partial charge in [0.15, 0.2) is 0 Å². The number of amides is 2. The van der Waals surface area contributed by atoms with Crippen molar-refractivity contribution < 1.29 is 18.0 Å². The minimum absolute atomic E-state index is 0.0206. The fourth-order valence-corrected chi connectivity index (χ4v) is 6.62. The van der Waals surface area contributed by atoms with Crippen LogP contribution in [0.1, 0.15) is 18.1 Å². The number of anilines is 1. The maximum atomic E-state index is 14.3. The van der Waals surface area contributed by atoms with E-state index < -0.39 is 28.5 Å². The van der Waals surface area contributed by atoms with Crippen molar-refractivity contribution in [1.82, 2.24) is 10.2 Å². The first kappa shape index (κ1) is 32.4. The summed E-state index contributed by atoms with van der Waals surface area (Å²) in [7, 11) is -4.26. The summed E-state index contributed by atoms with van der Waals surface area (Å²) in [5.74, 6) is -0.963. The van der Waals surface area contributed by atoms with Crippen molar-refractivity contribution in [3.63, 3.8) is 0 Å². The quantitative estimate of drug-likeness (QED) is 0.185. The zero-order valence-corrected chi connectivity index (χ0v) is 26.4. The summed E-state index contributed by atoms with van der Waals surface area (Å²) in [6, 6.07) is 27.4. The molecule has 0 saturated carbocycles. The van der Waals surface area contributed by atoms with Gasteiger partial charge in [-0.3, -0.25) is 13.9 Å². The van der Waals surface area contributed by atoms with E-state index in [1.165, 1.54) is 35.2 Å². The van der Waals surface area contributed by atoms with Crippen molar-refractivity contribution in [3.05, 3.63) is 129 Å². The molecule has 4 aromatic carbocycles. The molecule has 0 aromatic heterocycles. The van der Waals surface area contributed by atoms with Gasteiger partial charge in [-0.2, -0.15) is 0 Å². The van der Waals surface area contributed by atoms with E-state index in [0.717, 1.165) is 9.87 Å². The van der Waals surface area contributed by atoms with Crippen LogP contribution in [-0.4, -0.2) is 44.3 Å². The van der Waals surface area contributed by atoms with Gasteiger partial charge in [0.05, 0.1) is 10.6 Å². The number of nitrogens with zero attached hydrogens (tertiary/aromatic N) is 2. The molecular formula is C32H30Cl3N3O4S. The molecule has 43 heavy (non-hydrogen) atoms. The Bertz CT molecular complexity index is 1630. The molecule has 4 rings (SSSR count). The SMILES string of the molecule is CCNC(=O)C(Cc1ccccc1)N(Cc1ccc(Cl)cc1)C(=O)CN(c1cc(Cl)cc(Cl)c1)S(=O)(=O)c1ccccc1. The first-order valence-electron chi connectivity index (χ1n) is 13.5. The zero-order chi connectivity index (χ0) is 31.0. The topological polar surface area (TPSA) is 86.8 Å². The van der Waals surface area contributed by atoms with E-state index in [2.05, 4.69) is 5.32 Å². The smallest absolute Gasteiger partial charge is 0.264 e. The van der Waals surface area contributed by atoms with E-state index in [1.807, 2.05) is 30.3 Å². The summed E-state index contributed by atoms with van der Waals surface area (Å²) >= 11 is 18.6. The molecule has 2 amide bonds. The van der Waals surface area contributed by atoms with Crippen molar-refractivity contribution >= 4 is 62.3 Å². The van der Waals surface area contributed by atoms with Crippen LogP contribution in [0.15, 0.2) is 108 Å². The summed E-state index contributed by atoms with van der Waals surface area (Å²) in [4.78, 5) is 29.2. The first-order chi connectivity index (χ1) is 20.6. The maximum Gasteiger partial charge on any atom is 0.264 e. The van der Waals surface area contributed by atoms with Crippen molar-refractivity contribution in [2.75, 3.05) is 17.4 Å². The van der Waals surface area contributed by atoms with E-state index >= 15 is 0 Å². The van der Waals surface area contributed by atoms with Crippen LogP contribution in [0.3, 0.4) is 0 Å². The lowest BCUT2D eigenvalue weighted by atomic mass is 10.0. The van der Waals surface area contributed by atoms with E-state index in [1.54, 1.807) is 49.4 Å². The third-order valence-electron chi connectivity index (χ3n) is 6.63. The Labute approximate surface area is 267 Å². The zero-order valence-electron chi connectivity index (χ0n) is 23.3. The molecule has 1 N–H and O–H groups in total. The van der Waals surface area contributed by atoms with Crippen LogP contribution in [0.5, 0.6) is 0 Å². The molecule has 4 aromatic rings. The highest BCUT2D eigenvalue weighted by atomic mass is 35.5. The minimum Gasteiger partial charge on any atom is -0.355 e. The molecule has 0 aliphatic carbocycles. The summed E-state index contributed by atoms with van der Waals surface area (Å²) in [6.07, 6.45) is 0.209. The van der Waals surface area contributed by atoms with Crippen molar-refractivity contribution in [1.29, 1.82) is 0 Å². The van der Waals surface area contributed by atoms with Crippen LogP contribution in [0.4, 0.5) is 5.69 Å². The molecular weight excluding hydrogens is 629 g/mol. The number of carbonyl (C=O) groups excluding carboxylic acids is 2. The number of carbonyl (C=O) groups is 2. The fraction of sp³-hybridized carbons (Fsp3) is 0.188. The number of benzene rings is 4. The molecule has 0 radical (unpaired) electrons. The van der Waals surface area contributed by atoms with E-state index in [9.17, 15) is 18.0 Å². The van der Waals surface area contributed by atoms with Crippen LogP contribution in [0, 0.1) is 0 Å². The predicted octanol–water partition coefficient (Wildman–Crippen LogP) is 6.62. The summed E-state index contributed by atoms with van der Waals surface area (Å²) in [6.45, 7) is 1.55. The maximum absolute atomic E-state index is 14.3. The Morgan fingerprint density at radius 3 is 1.93 bits per heavy atom. The van der Waals surface area contributed by atoms with E-state index in [0.29, 0.717) is 17.1 Å². The summed E-state index contributed by atoms with van der Waals surface area (Å²) in [5, 5.41) is 3.75. The van der Waals surface area contributed by atoms with Gasteiger partial charge in [-0.1, -0.05) is 95.5 Å². The van der Waals surface area contributed by atoms with Gasteiger partial charge >= 0.3 is 0 Å². The van der Waals surface area contributed by atoms with Crippen LogP contribution in [0.25, 0.3) is 0 Å². The molecule has 7 nitrogen and oxygen atoms in total. The van der Waals surface area contributed by atoms with Gasteiger partial charge < -0.3 is 10.2 Å². The Hall–Kier alpha value is -3.56. The average Bonchev–Trinajstić information content (AvgIpc) is 2.99. The van der Waals surface area contributed by atoms with Gasteiger partial charge in [0.1, 0.15) is 12.6 Å². The van der Waals surface area contributed by atoms with Gasteiger partial charge in [0, 0.05) is 34.6 Å². The molecule has 0 saturated heterocycles. The normalized spacial score (nSPS) is 11.9. The number of likely N-dealkylation sites (N-methyl/N-ethyl adjacent to an activating group) is 1. The molecule has 0 fully saturated rings. The molecule has 0 spiro atoms. The first-order valence-corrected chi connectivity index (χ1v) is 16.1. The van der Waals surface area contributed by atoms with Gasteiger partial charge in [-0.25, -0.2) is 8.42 Å². The number of hydrogen-bond acceptors (Lipinski definition) is 4. The highest BCUT2D eigenvalue weighted by Crippen LogP contribution is 2.30. The molecule has 11 heteroatoms. The summed E-state index contributed by atoms with van der Waals surface area (Å²) in [5.41, 5.74) is 1.66. The third-order valence-corrected chi connectivity index (χ3v) is 9.11. The lowest BCUT2D eigenvalue weighted by Gasteiger charge is -2.34. The summed E-state index contributed by atoms with van der Waals surface area (Å²) < 4.78 is 28.9. The standard InChI is InChI=1S/C32H30Cl3N3O4S/c1-2-36-32(40)30(17-23-9-5-3-6-10-23)37(21-24-13-15-25(33)16-14-24)31(39)22-38(28-19-26(34)18-27(35)20-28)43(41,42)29-11-7-4-8-12-29/h3-16,18-20,30H,2,17,21-22H2,1H3,(H,36,40). The highest BCUT2D eigenvalue weighted by molar-refractivity contribution is 7.92. The monoisotopic (exact) mass is 657 g/mol. The van der Waals surface area contributed by atoms with Crippen LogP contribution >= 0.6 is 34.8 Å². The second-order valence-electron chi connectivity index (χ2n) is 9.70. The molecule has 224 valence electrons. The van der Waals surface area contributed by atoms with Crippen LogP contribution < -0.4 is 9.62 Å². The molecule has 0 heterocycles. The average molecular weight is 659 g/mol. The van der Waals surface area contributed by atoms with Crippen molar-refractivity contribution in [2.24, 2.45) is 0 Å². The number of hydrogen-bond donors (Lipinski definition) is 1. The number of sulfonamides is 1. The second-order valence-corrected chi connectivity index (χ2v) is 12.9. The van der Waals surface area contributed by atoms with E-state index in [4.69, 9.17) is 34.8 Å². The van der Waals surface area contributed by atoms with Gasteiger partial charge in [-0.05, 0) is 60.5 Å².